The molecule has 0 aliphatic heterocycles. The fourth-order valence-electron chi connectivity index (χ4n) is 19.9. The normalized spacial score (nSPS) is 11.2. The summed E-state index contributed by atoms with van der Waals surface area (Å²) in [4.78, 5) is 7.02. The fraction of sp³-hybridized carbons (Fsp3) is 0. The van der Waals surface area contributed by atoms with Gasteiger partial charge in [0.15, 0.2) is 0 Å². The van der Waals surface area contributed by atoms with E-state index >= 15 is 0 Å². The Morgan fingerprint density at radius 2 is 0.345 bits per heavy atom. The van der Waals surface area contributed by atoms with Crippen LogP contribution in [0.15, 0.2) is 564 Å². The van der Waals surface area contributed by atoms with Crippen molar-refractivity contribution in [1.82, 2.24) is 0 Å². The number of hydrogen-bond donors (Lipinski definition) is 0. The van der Waals surface area contributed by atoms with E-state index in [1.807, 2.05) is 34.0 Å². The van der Waals surface area contributed by atoms with E-state index in [9.17, 15) is 0 Å². The van der Waals surface area contributed by atoms with E-state index in [0.29, 0.717) is 0 Å². The fourth-order valence-corrected chi connectivity index (χ4v) is 23.6. The van der Waals surface area contributed by atoms with E-state index < -0.39 is 0 Å². The van der Waals surface area contributed by atoms with Gasteiger partial charge in [-0.1, -0.05) is 400 Å². The standard InChI is InChI=1S/2C48H33NS.C40H27NS/c1-4-14-34(15-5-1)35-24-28-40(29-25-35)49(46-22-12-10-20-42(46)37-16-6-2-7-17-37)41-30-26-36(27-31-41)39-32-44(38-18-8-3-9-19-38)48-45(33-39)43-21-11-13-23-47(43)50-48;1-4-12-34(13-5-1)35-20-22-36(23-21-35)37-24-28-42(29-25-37)49(41-16-8-3-9-17-41)43-30-26-38(27-31-43)40-32-45(39-14-6-2-7-15-39)48-46(33-40)44-18-10-11-19-47(44)50-48;1-3-13-33(14-4-1)41(34-15-5-2-6-16-34)35-23-21-29(22-24-35)32-26-37(31-20-19-28-11-7-8-12-30(28)25-31)40-38(27-32)36-17-9-10-18-39(36)42-40/h2*1-33H;1-27H. The molecule has 0 spiro atoms. The SMILES string of the molecule is c1ccc(-c2ccc(-c3ccc(N(c4ccccc4)c4ccc(-c5cc(-c6ccccc6)c6sc7ccccc7c6c5)cc4)cc3)cc2)cc1.c1ccc(-c2ccc(N(c3ccc(-c4cc(-c5ccccc5)c5sc6ccccc6c5c4)cc3)c3ccccc3-c3ccccc3)cc2)cc1.c1ccc(N(c2ccccc2)c2ccc(-c3cc(-c4ccc5ccccc5c4)c4sc5ccccc5c4c3)cc2)cc1. The van der Waals surface area contributed by atoms with Gasteiger partial charge < -0.3 is 14.7 Å². The van der Waals surface area contributed by atoms with Gasteiger partial charge in [-0.3, -0.25) is 0 Å². The van der Waals surface area contributed by atoms with E-state index in [1.165, 1.54) is 183 Å². The maximum absolute atomic E-state index is 2.38. The van der Waals surface area contributed by atoms with Crippen molar-refractivity contribution in [2.24, 2.45) is 0 Å². The third-order valence-corrected chi connectivity index (χ3v) is 30.7. The van der Waals surface area contributed by atoms with E-state index in [2.05, 4.69) is 579 Å². The molecule has 0 aliphatic rings. The summed E-state index contributed by atoms with van der Waals surface area (Å²) in [5, 5.41) is 10.4. The summed E-state index contributed by atoms with van der Waals surface area (Å²) in [7, 11) is 0. The Bertz CT molecular complexity index is 8890. The van der Waals surface area contributed by atoms with Gasteiger partial charge in [0.25, 0.3) is 0 Å². The van der Waals surface area contributed by atoms with Crippen LogP contribution in [0.3, 0.4) is 0 Å². The monoisotopic (exact) mass is 1860 g/mol. The minimum absolute atomic E-state index is 1.11. The Labute approximate surface area is 839 Å². The van der Waals surface area contributed by atoms with Crippen molar-refractivity contribution in [3.8, 4) is 111 Å². The Morgan fingerprint density at radius 1 is 0.120 bits per heavy atom. The summed E-state index contributed by atoms with van der Waals surface area (Å²) in [6, 6.07) is 204. The first-order chi connectivity index (χ1) is 70.4. The van der Waals surface area contributed by atoms with Gasteiger partial charge >= 0.3 is 0 Å². The van der Waals surface area contributed by atoms with Crippen molar-refractivity contribution in [3.05, 3.63) is 564 Å². The second-order valence-electron chi connectivity index (χ2n) is 35.7. The molecule has 0 unspecified atom stereocenters. The number of para-hydroxylation sites is 4. The summed E-state index contributed by atoms with van der Waals surface area (Å²) < 4.78 is 7.97. The van der Waals surface area contributed by atoms with Crippen molar-refractivity contribution >= 4 is 156 Å². The van der Waals surface area contributed by atoms with Crippen LogP contribution in [0.2, 0.25) is 0 Å². The molecule has 670 valence electrons. The first-order valence-electron chi connectivity index (χ1n) is 48.3. The lowest BCUT2D eigenvalue weighted by atomic mass is 9.94. The van der Waals surface area contributed by atoms with Crippen molar-refractivity contribution in [2.45, 2.75) is 0 Å². The lowest BCUT2D eigenvalue weighted by Gasteiger charge is -2.28. The van der Waals surface area contributed by atoms with Crippen molar-refractivity contribution in [1.29, 1.82) is 0 Å². The molecule has 0 atom stereocenters. The molecule has 26 rings (SSSR count). The van der Waals surface area contributed by atoms with Gasteiger partial charge in [0, 0.05) is 128 Å². The predicted octanol–water partition coefficient (Wildman–Crippen LogP) is 40.4. The largest absolute Gasteiger partial charge is 0.311 e. The highest BCUT2D eigenvalue weighted by molar-refractivity contribution is 7.27. The van der Waals surface area contributed by atoms with E-state index in [-0.39, 0.29) is 0 Å². The molecule has 0 bridgehead atoms. The number of benzene rings is 23. The van der Waals surface area contributed by atoms with Crippen LogP contribution in [0.25, 0.3) is 183 Å². The molecule has 0 saturated carbocycles. The van der Waals surface area contributed by atoms with Crippen LogP contribution in [-0.4, -0.2) is 0 Å². The number of fused-ring (bicyclic) bond motifs is 10. The molecule has 26 aromatic rings. The molecule has 0 radical (unpaired) electrons. The van der Waals surface area contributed by atoms with E-state index in [0.717, 1.165) is 51.2 Å². The topological polar surface area (TPSA) is 9.72 Å². The van der Waals surface area contributed by atoms with Crippen LogP contribution >= 0.6 is 34.0 Å². The number of rotatable bonds is 19. The zero-order valence-corrected chi connectivity index (χ0v) is 80.2. The zero-order valence-electron chi connectivity index (χ0n) is 77.8. The van der Waals surface area contributed by atoms with Gasteiger partial charge in [0.1, 0.15) is 0 Å². The van der Waals surface area contributed by atoms with Crippen LogP contribution in [0.4, 0.5) is 51.2 Å². The number of hydrogen-bond acceptors (Lipinski definition) is 6. The van der Waals surface area contributed by atoms with Crippen molar-refractivity contribution in [2.75, 3.05) is 14.7 Å². The molecule has 142 heavy (non-hydrogen) atoms. The predicted molar refractivity (Wildman–Crippen MR) is 614 cm³/mol. The number of anilines is 9. The highest BCUT2D eigenvalue weighted by Gasteiger charge is 2.24. The summed E-state index contributed by atoms with van der Waals surface area (Å²) in [5.74, 6) is 0. The van der Waals surface area contributed by atoms with E-state index in [4.69, 9.17) is 0 Å². The molecule has 3 nitrogen and oxygen atoms in total. The third kappa shape index (κ3) is 17.8. The zero-order chi connectivity index (χ0) is 94.4. The molecule has 0 saturated heterocycles. The second kappa shape index (κ2) is 39.5. The molecule has 0 fully saturated rings. The average molecular weight is 1870 g/mol. The van der Waals surface area contributed by atoms with Crippen LogP contribution < -0.4 is 14.7 Å². The quantitative estimate of drug-likeness (QED) is 0.0799. The van der Waals surface area contributed by atoms with Gasteiger partial charge in [0.05, 0.1) is 5.69 Å². The smallest absolute Gasteiger partial charge is 0.0540 e. The summed E-state index contributed by atoms with van der Waals surface area (Å²) in [5.41, 5.74) is 34.6. The van der Waals surface area contributed by atoms with Crippen LogP contribution in [0, 0.1) is 0 Å². The molecule has 0 aliphatic carbocycles. The lowest BCUT2D eigenvalue weighted by molar-refractivity contribution is 1.28. The highest BCUT2D eigenvalue weighted by Crippen LogP contribution is 2.51. The van der Waals surface area contributed by atoms with Gasteiger partial charge in [-0.15, -0.1) is 34.0 Å². The molecule has 0 amide bonds. The van der Waals surface area contributed by atoms with Crippen molar-refractivity contribution in [3.63, 3.8) is 0 Å². The highest BCUT2D eigenvalue weighted by atomic mass is 32.1. The molecular weight excluding hydrogens is 1770 g/mol. The first-order valence-corrected chi connectivity index (χ1v) is 50.7. The van der Waals surface area contributed by atoms with Gasteiger partial charge in [-0.05, 0) is 264 Å². The van der Waals surface area contributed by atoms with Gasteiger partial charge in [-0.2, -0.15) is 0 Å². The summed E-state index contributed by atoms with van der Waals surface area (Å²) in [6.45, 7) is 0. The number of thiophene rings is 3. The molecule has 0 N–H and O–H groups in total. The maximum atomic E-state index is 2.38. The molecular formula is C136H93N3S3. The van der Waals surface area contributed by atoms with E-state index in [1.54, 1.807) is 0 Å². The van der Waals surface area contributed by atoms with Gasteiger partial charge in [0.2, 0.25) is 0 Å². The van der Waals surface area contributed by atoms with Crippen LogP contribution in [0.5, 0.6) is 0 Å². The Hall–Kier alpha value is -17.6. The first kappa shape index (κ1) is 87.2. The summed E-state index contributed by atoms with van der Waals surface area (Å²) >= 11 is 5.65. The van der Waals surface area contributed by atoms with Crippen molar-refractivity contribution < 1.29 is 0 Å². The Balaban J connectivity index is 0.000000116. The third-order valence-electron chi connectivity index (χ3n) is 27.0. The van der Waals surface area contributed by atoms with Crippen LogP contribution in [0.1, 0.15) is 0 Å². The average Bonchev–Trinajstić information content (AvgIpc) is 1.60. The molecule has 6 heteroatoms. The second-order valence-corrected chi connectivity index (χ2v) is 38.9. The number of nitrogens with zero attached hydrogens (tertiary/aromatic N) is 3. The van der Waals surface area contributed by atoms with Crippen LogP contribution in [-0.2, 0) is 0 Å². The maximum Gasteiger partial charge on any atom is 0.0540 e. The minimum Gasteiger partial charge on any atom is -0.311 e. The summed E-state index contributed by atoms with van der Waals surface area (Å²) in [6.07, 6.45) is 0. The molecule has 23 aromatic carbocycles. The lowest BCUT2D eigenvalue weighted by Crippen LogP contribution is -2.11. The minimum atomic E-state index is 1.11. The van der Waals surface area contributed by atoms with Gasteiger partial charge in [-0.25, -0.2) is 0 Å². The Morgan fingerprint density at radius 3 is 0.683 bits per heavy atom. The molecule has 3 heterocycles. The molecule has 3 aromatic heterocycles. The Kier molecular flexibility index (Phi) is 24.2.